The molecule has 0 fully saturated rings. The van der Waals surface area contributed by atoms with Crippen LogP contribution in [0.25, 0.3) is 0 Å². The van der Waals surface area contributed by atoms with Crippen LogP contribution in [-0.4, -0.2) is 19.2 Å². The first-order valence-corrected chi connectivity index (χ1v) is 4.05. The average Bonchev–Trinajstić information content (AvgIpc) is 2.04. The van der Waals surface area contributed by atoms with E-state index in [1.165, 1.54) is 0 Å². The van der Waals surface area contributed by atoms with Crippen LogP contribution in [0.2, 0.25) is 0 Å². The van der Waals surface area contributed by atoms with Crippen molar-refractivity contribution in [2.24, 2.45) is 0 Å². The van der Waals surface area contributed by atoms with E-state index < -0.39 is 0 Å². The third-order valence-electron chi connectivity index (χ3n) is 1.34. The summed E-state index contributed by atoms with van der Waals surface area (Å²) < 4.78 is 4.80. The molecule has 0 aromatic carbocycles. The number of carbonyl (C=O) groups excluding carboxylic acids is 1. The number of hydrogen-bond donors (Lipinski definition) is 0. The fourth-order valence-electron chi connectivity index (χ4n) is 0.669. The summed E-state index contributed by atoms with van der Waals surface area (Å²) in [4.78, 5) is 10.6. The molecule has 0 heterocycles. The number of hydrogen-bond acceptors (Lipinski definition) is 2. The third-order valence-corrected chi connectivity index (χ3v) is 1.34. The maximum atomic E-state index is 10.6. The van der Waals surface area contributed by atoms with Gasteiger partial charge in [0.15, 0.2) is 0 Å². The average molecular weight is 159 g/mol. The van der Waals surface area contributed by atoms with Gasteiger partial charge in [0, 0.05) is 6.42 Å². The molecule has 0 rings (SSSR count). The van der Waals surface area contributed by atoms with E-state index in [0.717, 1.165) is 12.8 Å². The van der Waals surface area contributed by atoms with E-state index in [0.29, 0.717) is 19.4 Å². The van der Waals surface area contributed by atoms with Gasteiger partial charge in [0.1, 0.15) is 0 Å². The highest BCUT2D eigenvalue weighted by Gasteiger charge is 1.96. The fourth-order valence-corrected chi connectivity index (χ4v) is 0.669. The van der Waals surface area contributed by atoms with Crippen LogP contribution in [0.4, 0.5) is 0 Å². The zero-order chi connectivity index (χ0) is 8.53. The first-order chi connectivity index (χ1) is 5.31. The van der Waals surface area contributed by atoms with Crippen LogP contribution in [0.15, 0.2) is 0 Å². The van der Waals surface area contributed by atoms with Crippen molar-refractivity contribution in [1.29, 1.82) is 0 Å². The van der Waals surface area contributed by atoms with Crippen molar-refractivity contribution in [1.82, 2.24) is 0 Å². The zero-order valence-corrected chi connectivity index (χ0v) is 6.97. The quantitative estimate of drug-likeness (QED) is 0.436. The Kier molecular flexibility index (Phi) is 7.15. The van der Waals surface area contributed by atoms with Gasteiger partial charge in [-0.2, -0.15) is 0 Å². The Morgan fingerprint density at radius 2 is 2.00 bits per heavy atom. The van der Waals surface area contributed by atoms with Crippen LogP contribution >= 0.6 is 0 Å². The summed E-state index contributed by atoms with van der Waals surface area (Å²) >= 11 is 0. The molecule has 0 N–H and O–H groups in total. The highest BCUT2D eigenvalue weighted by atomic mass is 16.5. The Bertz CT molecular complexity index is 102. The van der Waals surface area contributed by atoms with Crippen molar-refractivity contribution in [2.75, 3.05) is 13.2 Å². The van der Waals surface area contributed by atoms with Gasteiger partial charge < -0.3 is 4.74 Å². The summed E-state index contributed by atoms with van der Waals surface area (Å²) in [5, 5.41) is 9.98. The van der Waals surface area contributed by atoms with E-state index in [9.17, 15) is 9.90 Å². The van der Waals surface area contributed by atoms with Crippen molar-refractivity contribution in [3.8, 4) is 0 Å². The van der Waals surface area contributed by atoms with Gasteiger partial charge in [0.25, 0.3) is 0 Å². The summed E-state index contributed by atoms with van der Waals surface area (Å²) in [7, 11) is 0. The zero-order valence-electron chi connectivity index (χ0n) is 6.97. The number of rotatable bonds is 6. The van der Waals surface area contributed by atoms with Gasteiger partial charge >= 0.3 is 5.97 Å². The second-order valence-corrected chi connectivity index (χ2v) is 2.34. The van der Waals surface area contributed by atoms with E-state index >= 15 is 0 Å². The standard InChI is InChI=1S/C8H15O3/c1-2-8(10)11-7-5-3-4-6-9/h2-7H2,1H3. The lowest BCUT2D eigenvalue weighted by molar-refractivity contribution is -0.143. The first kappa shape index (κ1) is 10.4. The number of esters is 1. The normalized spacial score (nSPS) is 9.64. The lowest BCUT2D eigenvalue weighted by Gasteiger charge is -2.00. The van der Waals surface area contributed by atoms with E-state index in [1.54, 1.807) is 6.92 Å². The van der Waals surface area contributed by atoms with Gasteiger partial charge in [-0.05, 0) is 19.3 Å². The highest BCUT2D eigenvalue weighted by molar-refractivity contribution is 5.68. The van der Waals surface area contributed by atoms with Crippen molar-refractivity contribution in [2.45, 2.75) is 32.6 Å². The number of unbranched alkanes of at least 4 members (excludes halogenated alkanes) is 2. The molecule has 0 spiro atoms. The molecule has 0 aliphatic rings. The highest BCUT2D eigenvalue weighted by Crippen LogP contribution is 1.95. The van der Waals surface area contributed by atoms with Crippen molar-refractivity contribution in [3.63, 3.8) is 0 Å². The van der Waals surface area contributed by atoms with Crippen LogP contribution in [0.1, 0.15) is 32.6 Å². The summed E-state index contributed by atoms with van der Waals surface area (Å²) in [6.07, 6.45) is 2.79. The lowest BCUT2D eigenvalue weighted by atomic mass is 10.2. The summed E-state index contributed by atoms with van der Waals surface area (Å²) in [5.74, 6) is -0.160. The SMILES string of the molecule is CCC(=O)OCCCCC[O]. The molecule has 11 heavy (non-hydrogen) atoms. The number of carbonyl (C=O) groups is 1. The lowest BCUT2D eigenvalue weighted by Crippen LogP contribution is -2.03. The minimum absolute atomic E-state index is 0.0261. The smallest absolute Gasteiger partial charge is 0.305 e. The Labute approximate surface area is 67.4 Å². The fraction of sp³-hybridized carbons (Fsp3) is 0.875. The molecule has 0 amide bonds. The molecule has 0 aromatic heterocycles. The maximum absolute atomic E-state index is 10.6. The van der Waals surface area contributed by atoms with E-state index in [-0.39, 0.29) is 12.6 Å². The van der Waals surface area contributed by atoms with Gasteiger partial charge in [-0.1, -0.05) is 6.92 Å². The Morgan fingerprint density at radius 1 is 1.27 bits per heavy atom. The maximum Gasteiger partial charge on any atom is 0.305 e. The van der Waals surface area contributed by atoms with Crippen LogP contribution in [0, 0.1) is 0 Å². The topological polar surface area (TPSA) is 46.2 Å². The third kappa shape index (κ3) is 7.33. The van der Waals surface area contributed by atoms with Gasteiger partial charge in [-0.15, -0.1) is 0 Å². The van der Waals surface area contributed by atoms with E-state index in [1.807, 2.05) is 0 Å². The molecule has 0 saturated heterocycles. The predicted octanol–water partition coefficient (Wildman–Crippen LogP) is 1.54. The minimum atomic E-state index is -0.160. The molecule has 0 aliphatic heterocycles. The monoisotopic (exact) mass is 159 g/mol. The van der Waals surface area contributed by atoms with Crippen molar-refractivity contribution >= 4 is 5.97 Å². The van der Waals surface area contributed by atoms with Gasteiger partial charge in [0.05, 0.1) is 13.2 Å². The van der Waals surface area contributed by atoms with Crippen LogP contribution in [0.5, 0.6) is 0 Å². The number of ether oxygens (including phenoxy) is 1. The molecule has 1 radical (unpaired) electrons. The molecule has 3 heteroatoms. The Morgan fingerprint density at radius 3 is 2.55 bits per heavy atom. The van der Waals surface area contributed by atoms with Gasteiger partial charge in [-0.25, -0.2) is 5.11 Å². The molecule has 0 bridgehead atoms. The molecular weight excluding hydrogens is 144 g/mol. The minimum Gasteiger partial charge on any atom is -0.466 e. The van der Waals surface area contributed by atoms with Crippen LogP contribution in [-0.2, 0) is 14.6 Å². The predicted molar refractivity (Wildman–Crippen MR) is 40.7 cm³/mol. The van der Waals surface area contributed by atoms with Crippen molar-refractivity contribution in [3.05, 3.63) is 0 Å². The molecule has 0 unspecified atom stereocenters. The molecule has 65 valence electrons. The first-order valence-electron chi connectivity index (χ1n) is 4.05. The molecule has 3 nitrogen and oxygen atoms in total. The van der Waals surface area contributed by atoms with E-state index in [2.05, 4.69) is 0 Å². The largest absolute Gasteiger partial charge is 0.466 e. The molecule has 0 aliphatic carbocycles. The van der Waals surface area contributed by atoms with Crippen LogP contribution in [0.3, 0.4) is 0 Å². The molecule has 0 atom stereocenters. The Balaban J connectivity index is 2.95. The Hall–Kier alpha value is -0.570. The second kappa shape index (κ2) is 7.54. The molecule has 0 aromatic rings. The second-order valence-electron chi connectivity index (χ2n) is 2.34. The van der Waals surface area contributed by atoms with E-state index in [4.69, 9.17) is 4.74 Å². The summed E-state index contributed by atoms with van der Waals surface area (Å²) in [6.45, 7) is 2.20. The van der Waals surface area contributed by atoms with Crippen LogP contribution < -0.4 is 0 Å². The summed E-state index contributed by atoms with van der Waals surface area (Å²) in [5.41, 5.74) is 0. The summed E-state index contributed by atoms with van der Waals surface area (Å²) in [6, 6.07) is 0. The van der Waals surface area contributed by atoms with Gasteiger partial charge in [0.2, 0.25) is 0 Å². The van der Waals surface area contributed by atoms with Gasteiger partial charge in [-0.3, -0.25) is 4.79 Å². The van der Waals surface area contributed by atoms with Crippen molar-refractivity contribution < 1.29 is 14.6 Å². The molecular formula is C8H15O3. The molecule has 0 saturated carbocycles.